The number of rotatable bonds is 15. The predicted octanol–water partition coefficient (Wildman–Crippen LogP) is 4.99. The number of halogens is 1. The van der Waals surface area contributed by atoms with E-state index >= 15 is 0 Å². The number of amides is 2. The van der Waals surface area contributed by atoms with Gasteiger partial charge in [0, 0.05) is 19.7 Å². The van der Waals surface area contributed by atoms with Gasteiger partial charge in [0.05, 0.1) is 28.8 Å². The first-order valence-electron chi connectivity index (χ1n) is 14.8. The standard InChI is InChI=1S/C32H43ClN2O6/c1-5-8-9-12-21-40-30(39)25-24-28(37)35(19-10-11-20-36)27(32(24)17-16-31(25,7-3)41-32)29(38)34(18-6-2)26-22(4)14-13-15-23(26)33/h5-6,13-15,24-25,27,36H,1-2,7-12,16-21H2,3-4H3/t24-,25-,27?,31+,32?/m0/s1. The van der Waals surface area contributed by atoms with Crippen molar-refractivity contribution in [2.75, 3.05) is 31.2 Å². The molecule has 3 heterocycles. The Labute approximate surface area is 248 Å². The van der Waals surface area contributed by atoms with Crippen LogP contribution >= 0.6 is 11.6 Å². The zero-order valence-corrected chi connectivity index (χ0v) is 25.0. The number of benzene rings is 1. The highest BCUT2D eigenvalue weighted by Gasteiger charge is 2.79. The van der Waals surface area contributed by atoms with Crippen molar-refractivity contribution in [3.63, 3.8) is 0 Å². The number of aliphatic hydroxyl groups is 1. The first-order valence-corrected chi connectivity index (χ1v) is 15.2. The minimum atomic E-state index is -1.16. The molecule has 3 saturated heterocycles. The quantitative estimate of drug-likeness (QED) is 0.177. The molecule has 1 N–H and O–H groups in total. The van der Waals surface area contributed by atoms with Crippen molar-refractivity contribution >= 4 is 35.1 Å². The van der Waals surface area contributed by atoms with E-state index < -0.39 is 35.0 Å². The van der Waals surface area contributed by atoms with Gasteiger partial charge in [-0.15, -0.1) is 13.2 Å². The summed E-state index contributed by atoms with van der Waals surface area (Å²) >= 11 is 6.62. The first-order chi connectivity index (χ1) is 19.7. The van der Waals surface area contributed by atoms with E-state index in [2.05, 4.69) is 13.2 Å². The Morgan fingerprint density at radius 3 is 2.66 bits per heavy atom. The van der Waals surface area contributed by atoms with E-state index in [9.17, 15) is 19.5 Å². The molecule has 1 aromatic carbocycles. The van der Waals surface area contributed by atoms with Gasteiger partial charge in [-0.3, -0.25) is 14.4 Å². The Balaban J connectivity index is 1.74. The topological polar surface area (TPSA) is 96.4 Å². The van der Waals surface area contributed by atoms with Crippen LogP contribution in [0.3, 0.4) is 0 Å². The van der Waals surface area contributed by atoms with E-state index in [1.807, 2.05) is 32.1 Å². The Morgan fingerprint density at radius 2 is 2.00 bits per heavy atom. The summed E-state index contributed by atoms with van der Waals surface area (Å²) in [6.07, 6.45) is 8.44. The van der Waals surface area contributed by atoms with Crippen LogP contribution in [0.2, 0.25) is 5.02 Å². The molecular formula is C32H43ClN2O6. The van der Waals surface area contributed by atoms with E-state index in [0.717, 1.165) is 18.4 Å². The molecule has 0 aliphatic carbocycles. The van der Waals surface area contributed by atoms with Crippen molar-refractivity contribution in [3.8, 4) is 0 Å². The fourth-order valence-electron chi connectivity index (χ4n) is 7.18. The number of hydrogen-bond acceptors (Lipinski definition) is 6. The van der Waals surface area contributed by atoms with E-state index in [4.69, 9.17) is 21.1 Å². The van der Waals surface area contributed by atoms with Crippen molar-refractivity contribution in [3.05, 3.63) is 54.1 Å². The van der Waals surface area contributed by atoms with Gasteiger partial charge < -0.3 is 24.4 Å². The average Bonchev–Trinajstić information content (AvgIpc) is 3.55. The second-order valence-electron chi connectivity index (χ2n) is 11.4. The molecule has 2 amide bonds. The first kappa shape index (κ1) is 31.3. The summed E-state index contributed by atoms with van der Waals surface area (Å²) in [5.41, 5.74) is -0.644. The molecule has 8 nitrogen and oxygen atoms in total. The van der Waals surface area contributed by atoms with Gasteiger partial charge in [0.15, 0.2) is 0 Å². The number of carbonyl (C=O) groups excluding carboxylic acids is 3. The largest absolute Gasteiger partial charge is 0.465 e. The Hall–Kier alpha value is -2.68. The van der Waals surface area contributed by atoms with Gasteiger partial charge in [0.2, 0.25) is 5.91 Å². The summed E-state index contributed by atoms with van der Waals surface area (Å²) < 4.78 is 12.6. The summed E-state index contributed by atoms with van der Waals surface area (Å²) in [6, 6.07) is 4.49. The van der Waals surface area contributed by atoms with E-state index in [0.29, 0.717) is 49.2 Å². The third kappa shape index (κ3) is 5.46. The number of aliphatic hydroxyl groups excluding tert-OH is 1. The van der Waals surface area contributed by atoms with Crippen LogP contribution in [-0.4, -0.2) is 71.3 Å². The fourth-order valence-corrected chi connectivity index (χ4v) is 7.50. The van der Waals surface area contributed by atoms with E-state index in [1.165, 1.54) is 0 Å². The van der Waals surface area contributed by atoms with Crippen LogP contribution in [0.4, 0.5) is 5.69 Å². The van der Waals surface area contributed by atoms with Gasteiger partial charge in [0.25, 0.3) is 5.91 Å². The van der Waals surface area contributed by atoms with Crippen molar-refractivity contribution in [1.82, 2.24) is 4.90 Å². The van der Waals surface area contributed by atoms with Crippen molar-refractivity contribution in [2.45, 2.75) is 82.5 Å². The highest BCUT2D eigenvalue weighted by Crippen LogP contribution is 2.64. The number of para-hydroxylation sites is 1. The van der Waals surface area contributed by atoms with Crippen LogP contribution < -0.4 is 4.90 Å². The normalized spacial score (nSPS) is 28.0. The molecule has 0 saturated carbocycles. The molecule has 0 radical (unpaired) electrons. The molecule has 5 atom stereocenters. The lowest BCUT2D eigenvalue weighted by atomic mass is 9.65. The minimum Gasteiger partial charge on any atom is -0.465 e. The van der Waals surface area contributed by atoms with Gasteiger partial charge in [0.1, 0.15) is 17.6 Å². The number of nitrogens with zero attached hydrogens (tertiary/aromatic N) is 2. The Bertz CT molecular complexity index is 1150. The number of anilines is 1. The number of fused-ring (bicyclic) bond motifs is 1. The molecule has 2 bridgehead atoms. The van der Waals surface area contributed by atoms with Crippen molar-refractivity contribution in [2.24, 2.45) is 11.8 Å². The maximum atomic E-state index is 14.7. The van der Waals surface area contributed by atoms with E-state index in [-0.39, 0.29) is 38.1 Å². The summed E-state index contributed by atoms with van der Waals surface area (Å²) in [6.45, 7) is 12.1. The fraction of sp³-hybridized carbons (Fsp3) is 0.594. The number of unbranched alkanes of at least 4 members (excludes halogenated alkanes) is 3. The third-order valence-corrected chi connectivity index (χ3v) is 9.36. The number of ether oxygens (including phenoxy) is 2. The molecule has 1 aromatic rings. The molecule has 41 heavy (non-hydrogen) atoms. The maximum absolute atomic E-state index is 14.7. The molecule has 4 rings (SSSR count). The van der Waals surface area contributed by atoms with Crippen LogP contribution in [-0.2, 0) is 23.9 Å². The van der Waals surface area contributed by atoms with Crippen molar-refractivity contribution in [1.29, 1.82) is 0 Å². The van der Waals surface area contributed by atoms with Crippen LogP contribution in [0.25, 0.3) is 0 Å². The molecule has 3 fully saturated rings. The molecule has 9 heteroatoms. The lowest BCUT2D eigenvalue weighted by molar-refractivity contribution is -0.161. The Kier molecular flexibility index (Phi) is 9.98. The minimum absolute atomic E-state index is 0.0210. The number of carbonyl (C=O) groups is 3. The van der Waals surface area contributed by atoms with Crippen LogP contribution in [0.5, 0.6) is 0 Å². The van der Waals surface area contributed by atoms with E-state index in [1.54, 1.807) is 21.9 Å². The average molecular weight is 587 g/mol. The summed E-state index contributed by atoms with van der Waals surface area (Å²) in [5.74, 6) is -2.62. The molecule has 2 unspecified atom stereocenters. The Morgan fingerprint density at radius 1 is 1.22 bits per heavy atom. The van der Waals surface area contributed by atoms with Gasteiger partial charge in [-0.25, -0.2) is 0 Å². The second-order valence-corrected chi connectivity index (χ2v) is 11.8. The number of allylic oxidation sites excluding steroid dienone is 1. The monoisotopic (exact) mass is 586 g/mol. The third-order valence-electron chi connectivity index (χ3n) is 9.06. The van der Waals surface area contributed by atoms with Gasteiger partial charge in [-0.2, -0.15) is 0 Å². The smallest absolute Gasteiger partial charge is 0.312 e. The number of aryl methyl sites for hydroxylation is 1. The zero-order chi connectivity index (χ0) is 29.8. The van der Waals surface area contributed by atoms with Gasteiger partial charge in [-0.05, 0) is 69.9 Å². The summed E-state index contributed by atoms with van der Waals surface area (Å²) in [4.78, 5) is 45.8. The van der Waals surface area contributed by atoms with Crippen molar-refractivity contribution < 1.29 is 29.0 Å². The molecule has 1 spiro atoms. The predicted molar refractivity (Wildman–Crippen MR) is 159 cm³/mol. The van der Waals surface area contributed by atoms with Crippen LogP contribution in [0, 0.1) is 18.8 Å². The zero-order valence-electron chi connectivity index (χ0n) is 24.3. The lowest BCUT2D eigenvalue weighted by Crippen LogP contribution is -2.56. The van der Waals surface area contributed by atoms with Gasteiger partial charge >= 0.3 is 5.97 Å². The maximum Gasteiger partial charge on any atom is 0.312 e. The summed E-state index contributed by atoms with van der Waals surface area (Å²) in [7, 11) is 0. The van der Waals surface area contributed by atoms with Crippen LogP contribution in [0.15, 0.2) is 43.5 Å². The molecule has 0 aromatic heterocycles. The molecule has 224 valence electrons. The number of hydrogen-bond donors (Lipinski definition) is 1. The lowest BCUT2D eigenvalue weighted by Gasteiger charge is -2.37. The van der Waals surface area contributed by atoms with Crippen LogP contribution in [0.1, 0.15) is 63.9 Å². The molecule has 3 aliphatic heterocycles. The highest BCUT2D eigenvalue weighted by molar-refractivity contribution is 6.34. The SMILES string of the molecule is C=CCCCCOC(=O)[C@@H]1[C@H]2C(=O)N(CCCCO)C(C(=O)N(CC=C)c3c(C)cccc3Cl)C23CC[C@@]1(CC)O3. The highest BCUT2D eigenvalue weighted by atomic mass is 35.5. The van der Waals surface area contributed by atoms with Gasteiger partial charge in [-0.1, -0.05) is 42.8 Å². The molecular weight excluding hydrogens is 544 g/mol. The number of likely N-dealkylation sites (tertiary alicyclic amines) is 1. The second kappa shape index (κ2) is 13.1. The molecule has 3 aliphatic rings. The summed E-state index contributed by atoms with van der Waals surface area (Å²) in [5, 5.41) is 9.86. The number of esters is 1.